The van der Waals surface area contributed by atoms with E-state index in [4.69, 9.17) is 5.26 Å². The fourth-order valence-electron chi connectivity index (χ4n) is 2.67. The molecular formula is C21H22F2N2O2. The van der Waals surface area contributed by atoms with Gasteiger partial charge in [-0.2, -0.15) is 14.0 Å². The van der Waals surface area contributed by atoms with Gasteiger partial charge in [0.1, 0.15) is 5.75 Å². The molecule has 0 unspecified atom stereocenters. The first kappa shape index (κ1) is 20.4. The van der Waals surface area contributed by atoms with Crippen LogP contribution in [0, 0.1) is 11.3 Å². The van der Waals surface area contributed by atoms with Gasteiger partial charge in [0.05, 0.1) is 11.6 Å². The maximum atomic E-state index is 12.6. The zero-order valence-corrected chi connectivity index (χ0v) is 15.4. The standard InChI is InChI=1S/C21H22F2N2O2/c1-15(2)25(14-18-5-3-17(13-24)4-6-18)20(26)12-9-16-7-10-19(11-8-16)27-21(22)23/h3-8,10-11,15,21H,9,12,14H2,1-2H3. The molecule has 0 saturated carbocycles. The molecule has 0 aliphatic carbocycles. The third kappa shape index (κ3) is 6.37. The highest BCUT2D eigenvalue weighted by Gasteiger charge is 2.17. The van der Waals surface area contributed by atoms with Crippen LogP contribution in [-0.2, 0) is 17.8 Å². The monoisotopic (exact) mass is 372 g/mol. The molecule has 2 aromatic carbocycles. The van der Waals surface area contributed by atoms with E-state index in [2.05, 4.69) is 10.8 Å². The van der Waals surface area contributed by atoms with Crippen LogP contribution in [0.4, 0.5) is 8.78 Å². The van der Waals surface area contributed by atoms with Crippen LogP contribution in [0.1, 0.15) is 37.0 Å². The lowest BCUT2D eigenvalue weighted by molar-refractivity contribution is -0.133. The van der Waals surface area contributed by atoms with Crippen LogP contribution in [-0.4, -0.2) is 23.5 Å². The van der Waals surface area contributed by atoms with Crippen molar-refractivity contribution in [2.75, 3.05) is 0 Å². The highest BCUT2D eigenvalue weighted by Crippen LogP contribution is 2.17. The van der Waals surface area contributed by atoms with Crippen molar-refractivity contribution in [3.63, 3.8) is 0 Å². The normalized spacial score (nSPS) is 10.7. The Hall–Kier alpha value is -2.94. The molecule has 0 heterocycles. The van der Waals surface area contributed by atoms with E-state index in [1.54, 1.807) is 29.2 Å². The van der Waals surface area contributed by atoms with Crippen molar-refractivity contribution in [1.82, 2.24) is 4.90 Å². The van der Waals surface area contributed by atoms with Crippen molar-refractivity contribution >= 4 is 5.91 Å². The Kier molecular flexibility index (Phi) is 7.30. The molecule has 0 radical (unpaired) electrons. The van der Waals surface area contributed by atoms with Gasteiger partial charge < -0.3 is 9.64 Å². The lowest BCUT2D eigenvalue weighted by Gasteiger charge is -2.27. The SMILES string of the molecule is CC(C)N(Cc1ccc(C#N)cc1)C(=O)CCc1ccc(OC(F)F)cc1. The lowest BCUT2D eigenvalue weighted by Crippen LogP contribution is -2.36. The first-order valence-corrected chi connectivity index (χ1v) is 8.71. The molecule has 2 aromatic rings. The van der Waals surface area contributed by atoms with Gasteiger partial charge in [0, 0.05) is 19.0 Å². The average Bonchev–Trinajstić information content (AvgIpc) is 2.65. The van der Waals surface area contributed by atoms with Crippen molar-refractivity contribution in [1.29, 1.82) is 5.26 Å². The van der Waals surface area contributed by atoms with E-state index < -0.39 is 6.61 Å². The summed E-state index contributed by atoms with van der Waals surface area (Å²) in [6.07, 6.45) is 0.841. The lowest BCUT2D eigenvalue weighted by atomic mass is 10.1. The third-order valence-corrected chi connectivity index (χ3v) is 4.16. The highest BCUT2D eigenvalue weighted by atomic mass is 19.3. The number of nitriles is 1. The number of carbonyl (C=O) groups is 1. The first-order valence-electron chi connectivity index (χ1n) is 8.71. The van der Waals surface area contributed by atoms with Crippen LogP contribution in [0.25, 0.3) is 0 Å². The van der Waals surface area contributed by atoms with Gasteiger partial charge in [0.15, 0.2) is 0 Å². The summed E-state index contributed by atoms with van der Waals surface area (Å²) in [4.78, 5) is 14.4. The maximum absolute atomic E-state index is 12.6. The maximum Gasteiger partial charge on any atom is 0.387 e. The van der Waals surface area contributed by atoms with Gasteiger partial charge in [-0.05, 0) is 55.7 Å². The van der Waals surface area contributed by atoms with Crippen LogP contribution in [0.5, 0.6) is 5.75 Å². The second-order valence-electron chi connectivity index (χ2n) is 6.45. The number of rotatable bonds is 8. The fourth-order valence-corrected chi connectivity index (χ4v) is 2.67. The molecule has 0 aliphatic rings. The number of nitrogens with zero attached hydrogens (tertiary/aromatic N) is 2. The average molecular weight is 372 g/mol. The van der Waals surface area contributed by atoms with E-state index in [0.29, 0.717) is 24.9 Å². The Morgan fingerprint density at radius 2 is 1.67 bits per heavy atom. The van der Waals surface area contributed by atoms with Crippen LogP contribution in [0.2, 0.25) is 0 Å². The van der Waals surface area contributed by atoms with Crippen molar-refractivity contribution in [3.05, 3.63) is 65.2 Å². The number of carbonyl (C=O) groups excluding carboxylic acids is 1. The van der Waals surface area contributed by atoms with Gasteiger partial charge in [-0.25, -0.2) is 0 Å². The predicted molar refractivity (Wildman–Crippen MR) is 98.2 cm³/mol. The zero-order chi connectivity index (χ0) is 19.8. The molecule has 6 heteroatoms. The van der Waals surface area contributed by atoms with Gasteiger partial charge in [-0.3, -0.25) is 4.79 Å². The molecule has 0 atom stereocenters. The van der Waals surface area contributed by atoms with E-state index in [-0.39, 0.29) is 17.7 Å². The molecule has 1 amide bonds. The molecule has 4 nitrogen and oxygen atoms in total. The Morgan fingerprint density at radius 1 is 1.07 bits per heavy atom. The van der Waals surface area contributed by atoms with Crippen LogP contribution >= 0.6 is 0 Å². The second-order valence-corrected chi connectivity index (χ2v) is 6.45. The molecule has 0 spiro atoms. The number of hydrogen-bond donors (Lipinski definition) is 0. The van der Waals surface area contributed by atoms with Crippen molar-refractivity contribution < 1.29 is 18.3 Å². The Morgan fingerprint density at radius 3 is 2.19 bits per heavy atom. The van der Waals surface area contributed by atoms with E-state index in [1.165, 1.54) is 12.1 Å². The molecule has 0 aliphatic heterocycles. The second kappa shape index (κ2) is 9.67. The summed E-state index contributed by atoms with van der Waals surface area (Å²) >= 11 is 0. The molecule has 0 saturated heterocycles. The van der Waals surface area contributed by atoms with Crippen molar-refractivity contribution in [2.45, 2.75) is 45.9 Å². The largest absolute Gasteiger partial charge is 0.435 e. The van der Waals surface area contributed by atoms with Crippen LogP contribution < -0.4 is 4.74 Å². The van der Waals surface area contributed by atoms with Gasteiger partial charge in [-0.1, -0.05) is 24.3 Å². The van der Waals surface area contributed by atoms with Crippen LogP contribution in [0.3, 0.4) is 0 Å². The number of ether oxygens (including phenoxy) is 1. The quantitative estimate of drug-likeness (QED) is 0.684. The number of alkyl halides is 2. The Labute approximate surface area is 158 Å². The molecule has 142 valence electrons. The molecule has 27 heavy (non-hydrogen) atoms. The summed E-state index contributed by atoms with van der Waals surface area (Å²) in [5.41, 5.74) is 2.43. The van der Waals surface area contributed by atoms with E-state index >= 15 is 0 Å². The van der Waals surface area contributed by atoms with Crippen molar-refractivity contribution in [3.8, 4) is 11.8 Å². The van der Waals surface area contributed by atoms with Gasteiger partial charge in [0.2, 0.25) is 5.91 Å². The minimum absolute atomic E-state index is 0.0160. The van der Waals surface area contributed by atoms with E-state index in [9.17, 15) is 13.6 Å². The van der Waals surface area contributed by atoms with Crippen LogP contribution in [0.15, 0.2) is 48.5 Å². The van der Waals surface area contributed by atoms with E-state index in [1.807, 2.05) is 26.0 Å². The molecule has 2 rings (SSSR count). The molecule has 0 aromatic heterocycles. The number of hydrogen-bond acceptors (Lipinski definition) is 3. The number of amides is 1. The smallest absolute Gasteiger partial charge is 0.387 e. The number of benzene rings is 2. The summed E-state index contributed by atoms with van der Waals surface area (Å²) in [5, 5.41) is 8.87. The molecule has 0 fully saturated rings. The molecule has 0 bridgehead atoms. The Bertz CT molecular complexity index is 781. The molecular weight excluding hydrogens is 350 g/mol. The topological polar surface area (TPSA) is 53.3 Å². The van der Waals surface area contributed by atoms with Gasteiger partial charge in [0.25, 0.3) is 0 Å². The van der Waals surface area contributed by atoms with Gasteiger partial charge in [-0.15, -0.1) is 0 Å². The fraction of sp³-hybridized carbons (Fsp3) is 0.333. The minimum Gasteiger partial charge on any atom is -0.435 e. The third-order valence-electron chi connectivity index (χ3n) is 4.16. The van der Waals surface area contributed by atoms with E-state index in [0.717, 1.165) is 11.1 Å². The minimum atomic E-state index is -2.85. The Balaban J connectivity index is 1.95. The highest BCUT2D eigenvalue weighted by molar-refractivity contribution is 5.76. The number of aryl methyl sites for hydroxylation is 1. The summed E-state index contributed by atoms with van der Waals surface area (Å²) in [6, 6.07) is 15.6. The predicted octanol–water partition coefficient (Wildman–Crippen LogP) is 4.53. The summed E-state index contributed by atoms with van der Waals surface area (Å²) in [5.74, 6) is 0.118. The van der Waals surface area contributed by atoms with Gasteiger partial charge >= 0.3 is 6.61 Å². The summed E-state index contributed by atoms with van der Waals surface area (Å²) in [6.45, 7) is 1.54. The molecule has 0 N–H and O–H groups in total. The summed E-state index contributed by atoms with van der Waals surface area (Å²) < 4.78 is 28.7. The number of halogens is 2. The van der Waals surface area contributed by atoms with Crippen molar-refractivity contribution in [2.24, 2.45) is 0 Å². The summed E-state index contributed by atoms with van der Waals surface area (Å²) in [7, 11) is 0. The zero-order valence-electron chi connectivity index (χ0n) is 15.4. The first-order chi connectivity index (χ1) is 12.9.